The van der Waals surface area contributed by atoms with Crippen LogP contribution in [0.3, 0.4) is 0 Å². The van der Waals surface area contributed by atoms with Gasteiger partial charge in [-0.3, -0.25) is 0 Å². The normalized spacial score (nSPS) is 24.1. The van der Waals surface area contributed by atoms with Crippen LogP contribution in [0.4, 0.5) is 0 Å². The average Bonchev–Trinajstić information content (AvgIpc) is 3.16. The summed E-state index contributed by atoms with van der Waals surface area (Å²) in [5, 5.41) is 4.58. The van der Waals surface area contributed by atoms with Crippen molar-refractivity contribution in [2.75, 3.05) is 6.26 Å². The lowest BCUT2D eigenvalue weighted by atomic mass is 9.94. The first-order valence-corrected chi connectivity index (χ1v) is 9.82. The molecule has 2 aromatic rings. The summed E-state index contributed by atoms with van der Waals surface area (Å²) < 4.78 is 6.48. The van der Waals surface area contributed by atoms with E-state index < -0.39 is 0 Å². The molecule has 3 atom stereocenters. The van der Waals surface area contributed by atoms with E-state index in [1.807, 2.05) is 30.0 Å². The number of hydrogen-bond donors (Lipinski definition) is 1. The second-order valence-electron chi connectivity index (χ2n) is 5.48. The number of thiophene rings is 1. The van der Waals surface area contributed by atoms with Gasteiger partial charge < -0.3 is 9.73 Å². The molecular formula is C16H20ClNOS2. The van der Waals surface area contributed by atoms with Crippen LogP contribution in [0.25, 0.3) is 0 Å². The zero-order valence-corrected chi connectivity index (χ0v) is 14.4. The van der Waals surface area contributed by atoms with Crippen LogP contribution in [0, 0.1) is 0 Å². The molecular weight excluding hydrogens is 322 g/mol. The SMILES string of the molecule is CSC1CCCC(NC(c2ccco2)c2ccc(Cl)s2)C1. The molecule has 1 fully saturated rings. The van der Waals surface area contributed by atoms with Gasteiger partial charge in [-0.25, -0.2) is 0 Å². The first-order chi connectivity index (χ1) is 10.3. The van der Waals surface area contributed by atoms with E-state index in [0.717, 1.165) is 15.3 Å². The summed E-state index contributed by atoms with van der Waals surface area (Å²) >= 11 is 9.73. The van der Waals surface area contributed by atoms with Gasteiger partial charge in [0.1, 0.15) is 11.8 Å². The third-order valence-electron chi connectivity index (χ3n) is 4.07. The van der Waals surface area contributed by atoms with Crippen LogP contribution < -0.4 is 5.32 Å². The Kier molecular flexibility index (Phi) is 5.33. The highest BCUT2D eigenvalue weighted by Crippen LogP contribution is 2.34. The van der Waals surface area contributed by atoms with E-state index in [2.05, 4.69) is 17.6 Å². The van der Waals surface area contributed by atoms with E-state index in [4.69, 9.17) is 16.0 Å². The van der Waals surface area contributed by atoms with Gasteiger partial charge in [-0.1, -0.05) is 18.0 Å². The van der Waals surface area contributed by atoms with Crippen LogP contribution in [-0.2, 0) is 0 Å². The lowest BCUT2D eigenvalue weighted by molar-refractivity contribution is 0.340. The van der Waals surface area contributed by atoms with Crippen LogP contribution in [-0.4, -0.2) is 17.5 Å². The zero-order chi connectivity index (χ0) is 14.7. The van der Waals surface area contributed by atoms with Crippen LogP contribution in [0.15, 0.2) is 34.9 Å². The molecule has 0 saturated heterocycles. The number of rotatable bonds is 5. The molecule has 0 aromatic carbocycles. The minimum Gasteiger partial charge on any atom is -0.467 e. The number of furan rings is 1. The minimum absolute atomic E-state index is 0.114. The molecule has 2 nitrogen and oxygen atoms in total. The summed E-state index contributed by atoms with van der Waals surface area (Å²) in [5.41, 5.74) is 0. The smallest absolute Gasteiger partial charge is 0.126 e. The molecule has 0 bridgehead atoms. The van der Waals surface area contributed by atoms with E-state index in [-0.39, 0.29) is 6.04 Å². The predicted molar refractivity (Wildman–Crippen MR) is 92.6 cm³/mol. The lowest BCUT2D eigenvalue weighted by Crippen LogP contribution is -2.37. The zero-order valence-electron chi connectivity index (χ0n) is 12.0. The summed E-state index contributed by atoms with van der Waals surface area (Å²) in [6, 6.07) is 8.72. The summed E-state index contributed by atoms with van der Waals surface area (Å²) in [7, 11) is 0. The lowest BCUT2D eigenvalue weighted by Gasteiger charge is -2.31. The standard InChI is InChI=1S/C16H20ClNOS2/c1-20-12-5-2-4-11(10-12)18-16(13-6-3-9-19-13)14-7-8-15(17)21-14/h3,6-9,11-12,16,18H,2,4-5,10H2,1H3. The molecule has 1 aliphatic carbocycles. The van der Waals surface area contributed by atoms with Gasteiger partial charge in [0.15, 0.2) is 0 Å². The Bertz CT molecular complexity index is 554. The third kappa shape index (κ3) is 3.86. The van der Waals surface area contributed by atoms with E-state index >= 15 is 0 Å². The van der Waals surface area contributed by atoms with E-state index in [9.17, 15) is 0 Å². The Morgan fingerprint density at radius 3 is 2.95 bits per heavy atom. The van der Waals surface area contributed by atoms with Crippen molar-refractivity contribution < 1.29 is 4.42 Å². The van der Waals surface area contributed by atoms with Gasteiger partial charge in [-0.15, -0.1) is 11.3 Å². The predicted octanol–water partition coefficient (Wildman–Crippen LogP) is 5.35. The summed E-state index contributed by atoms with van der Waals surface area (Å²) in [6.45, 7) is 0. The summed E-state index contributed by atoms with van der Waals surface area (Å²) in [4.78, 5) is 1.22. The maximum absolute atomic E-state index is 6.11. The third-order valence-corrected chi connectivity index (χ3v) is 6.46. The first kappa shape index (κ1) is 15.5. The van der Waals surface area contributed by atoms with Crippen LogP contribution >= 0.6 is 34.7 Å². The summed E-state index contributed by atoms with van der Waals surface area (Å²) in [5.74, 6) is 0.972. The number of hydrogen-bond acceptors (Lipinski definition) is 4. The van der Waals surface area contributed by atoms with Crippen molar-refractivity contribution in [1.82, 2.24) is 5.32 Å². The van der Waals surface area contributed by atoms with Gasteiger partial charge in [0.25, 0.3) is 0 Å². The molecule has 114 valence electrons. The van der Waals surface area contributed by atoms with Gasteiger partial charge in [0.05, 0.1) is 10.6 Å². The van der Waals surface area contributed by atoms with Crippen molar-refractivity contribution in [1.29, 1.82) is 0 Å². The Labute approximate surface area is 139 Å². The highest BCUT2D eigenvalue weighted by atomic mass is 35.5. The van der Waals surface area contributed by atoms with Gasteiger partial charge in [0, 0.05) is 16.2 Å². The fraction of sp³-hybridized carbons (Fsp3) is 0.500. The van der Waals surface area contributed by atoms with Crippen molar-refractivity contribution >= 4 is 34.7 Å². The second-order valence-corrected chi connectivity index (χ2v) is 8.36. The van der Waals surface area contributed by atoms with Crippen LogP contribution in [0.1, 0.15) is 42.4 Å². The molecule has 5 heteroatoms. The molecule has 0 aliphatic heterocycles. The van der Waals surface area contributed by atoms with Crippen molar-refractivity contribution in [3.63, 3.8) is 0 Å². The molecule has 3 unspecified atom stereocenters. The molecule has 21 heavy (non-hydrogen) atoms. The number of nitrogens with one attached hydrogen (secondary N) is 1. The molecule has 3 rings (SSSR count). The van der Waals surface area contributed by atoms with Crippen molar-refractivity contribution in [2.45, 2.75) is 43.0 Å². The average molecular weight is 342 g/mol. The topological polar surface area (TPSA) is 25.2 Å². The minimum atomic E-state index is 0.114. The fourth-order valence-electron chi connectivity index (χ4n) is 2.99. The Balaban J connectivity index is 1.76. The molecule has 1 N–H and O–H groups in total. The van der Waals surface area contributed by atoms with E-state index in [1.54, 1.807) is 17.6 Å². The molecule has 2 heterocycles. The van der Waals surface area contributed by atoms with Crippen molar-refractivity contribution in [2.24, 2.45) is 0 Å². The Morgan fingerprint density at radius 2 is 2.29 bits per heavy atom. The Hall–Kier alpha value is -0.420. The summed E-state index contributed by atoms with van der Waals surface area (Å²) in [6.07, 6.45) is 9.08. The highest BCUT2D eigenvalue weighted by molar-refractivity contribution is 7.99. The van der Waals surface area contributed by atoms with Crippen molar-refractivity contribution in [3.8, 4) is 0 Å². The van der Waals surface area contributed by atoms with E-state index in [0.29, 0.717) is 6.04 Å². The second kappa shape index (κ2) is 7.23. The van der Waals surface area contributed by atoms with Gasteiger partial charge in [-0.2, -0.15) is 11.8 Å². The molecule has 1 saturated carbocycles. The molecule has 0 amide bonds. The largest absolute Gasteiger partial charge is 0.467 e. The Morgan fingerprint density at radius 1 is 1.38 bits per heavy atom. The molecule has 1 aliphatic rings. The van der Waals surface area contributed by atoms with Gasteiger partial charge in [-0.05, 0) is 49.8 Å². The van der Waals surface area contributed by atoms with Crippen LogP contribution in [0.5, 0.6) is 0 Å². The maximum atomic E-state index is 6.11. The number of thioether (sulfide) groups is 1. The molecule has 2 aromatic heterocycles. The van der Waals surface area contributed by atoms with Gasteiger partial charge >= 0.3 is 0 Å². The van der Waals surface area contributed by atoms with Crippen molar-refractivity contribution in [3.05, 3.63) is 45.5 Å². The quantitative estimate of drug-likeness (QED) is 0.793. The molecule has 0 radical (unpaired) electrons. The highest BCUT2D eigenvalue weighted by Gasteiger charge is 2.26. The fourth-order valence-corrected chi connectivity index (χ4v) is 4.95. The maximum Gasteiger partial charge on any atom is 0.126 e. The van der Waals surface area contributed by atoms with E-state index in [1.165, 1.54) is 30.6 Å². The van der Waals surface area contributed by atoms with Gasteiger partial charge in [0.2, 0.25) is 0 Å². The number of halogens is 1. The first-order valence-electron chi connectivity index (χ1n) is 7.33. The van der Waals surface area contributed by atoms with Crippen LogP contribution in [0.2, 0.25) is 4.34 Å². The monoisotopic (exact) mass is 341 g/mol. The molecule has 0 spiro atoms.